The van der Waals surface area contributed by atoms with Crippen molar-refractivity contribution in [3.63, 3.8) is 0 Å². The van der Waals surface area contributed by atoms with Gasteiger partial charge in [0.1, 0.15) is 5.69 Å². The van der Waals surface area contributed by atoms with Crippen molar-refractivity contribution in [1.29, 1.82) is 0 Å². The third kappa shape index (κ3) is 4.34. The highest BCUT2D eigenvalue weighted by molar-refractivity contribution is 6.05. The number of benzene rings is 1. The number of carbonyl (C=O) groups excluding carboxylic acids is 2. The molecule has 0 atom stereocenters. The van der Waals surface area contributed by atoms with E-state index in [1.807, 2.05) is 0 Å². The van der Waals surface area contributed by atoms with Gasteiger partial charge in [-0.1, -0.05) is 6.07 Å². The van der Waals surface area contributed by atoms with Crippen LogP contribution in [0.3, 0.4) is 0 Å². The topological polar surface area (TPSA) is 115 Å². The predicted molar refractivity (Wildman–Crippen MR) is 107 cm³/mol. The smallest absolute Gasteiger partial charge is 0.274 e. The molecule has 3 rings (SSSR count). The summed E-state index contributed by atoms with van der Waals surface area (Å²) in [7, 11) is 1.50. The molecule has 29 heavy (non-hydrogen) atoms. The molecule has 2 aromatic rings. The van der Waals surface area contributed by atoms with Gasteiger partial charge < -0.3 is 14.8 Å². The molecule has 152 valence electrons. The van der Waals surface area contributed by atoms with Crippen molar-refractivity contribution < 1.29 is 14.5 Å². The summed E-state index contributed by atoms with van der Waals surface area (Å²) in [5.74, 6) is -0.852. The summed E-state index contributed by atoms with van der Waals surface area (Å²) in [4.78, 5) is 50.0. The first-order valence-electron chi connectivity index (χ1n) is 9.34. The van der Waals surface area contributed by atoms with Crippen LogP contribution in [-0.4, -0.2) is 39.3 Å². The first kappa shape index (κ1) is 20.2. The summed E-state index contributed by atoms with van der Waals surface area (Å²) in [6.45, 7) is 2.90. The van der Waals surface area contributed by atoms with Crippen LogP contribution in [0.1, 0.15) is 45.5 Å². The molecule has 0 aliphatic carbocycles. The van der Waals surface area contributed by atoms with Crippen LogP contribution in [0.25, 0.3) is 0 Å². The van der Waals surface area contributed by atoms with E-state index in [2.05, 4.69) is 5.32 Å². The molecule has 2 heterocycles. The van der Waals surface area contributed by atoms with Gasteiger partial charge in [-0.25, -0.2) is 0 Å². The lowest BCUT2D eigenvalue weighted by Crippen LogP contribution is -2.36. The maximum Gasteiger partial charge on any atom is 0.274 e. The van der Waals surface area contributed by atoms with Crippen LogP contribution in [0.15, 0.2) is 35.3 Å². The second-order valence-electron chi connectivity index (χ2n) is 7.12. The highest BCUT2D eigenvalue weighted by Crippen LogP contribution is 2.20. The van der Waals surface area contributed by atoms with E-state index < -0.39 is 16.4 Å². The Kier molecular flexibility index (Phi) is 5.76. The molecular weight excluding hydrogens is 376 g/mol. The summed E-state index contributed by atoms with van der Waals surface area (Å²) < 4.78 is 1.24. The van der Waals surface area contributed by atoms with E-state index in [9.17, 15) is 24.5 Å². The lowest BCUT2D eigenvalue weighted by Gasteiger charge is -2.27. The molecular formula is C20H22N4O5. The lowest BCUT2D eigenvalue weighted by atomic mass is 10.1. The Morgan fingerprint density at radius 2 is 1.79 bits per heavy atom. The molecule has 2 amide bonds. The van der Waals surface area contributed by atoms with Gasteiger partial charge in [-0.2, -0.15) is 0 Å². The minimum atomic E-state index is -0.659. The van der Waals surface area contributed by atoms with Gasteiger partial charge in [0.05, 0.1) is 10.5 Å². The maximum atomic E-state index is 12.8. The fraction of sp³-hybridized carbons (Fsp3) is 0.350. The molecule has 1 aromatic carbocycles. The molecule has 1 aliphatic rings. The fourth-order valence-corrected chi connectivity index (χ4v) is 3.34. The third-order valence-corrected chi connectivity index (χ3v) is 4.99. The molecule has 1 N–H and O–H groups in total. The number of aryl methyl sites for hydroxylation is 2. The summed E-state index contributed by atoms with van der Waals surface area (Å²) in [5, 5.41) is 13.6. The molecule has 9 nitrogen and oxygen atoms in total. The quantitative estimate of drug-likeness (QED) is 0.628. The fourth-order valence-electron chi connectivity index (χ4n) is 3.34. The predicted octanol–water partition coefficient (Wildman–Crippen LogP) is 2.48. The zero-order valence-electron chi connectivity index (χ0n) is 16.3. The molecule has 9 heteroatoms. The van der Waals surface area contributed by atoms with Crippen LogP contribution in [-0.2, 0) is 7.05 Å². The zero-order chi connectivity index (χ0) is 21.1. The highest BCUT2D eigenvalue weighted by atomic mass is 16.6. The van der Waals surface area contributed by atoms with Gasteiger partial charge >= 0.3 is 0 Å². The standard InChI is InChI=1S/C20H22N4O5/c1-13-6-7-14(11-17(13)24(28)29)18(25)21-16-10-15(12-22(2)20(16)27)19(26)23-8-4-3-5-9-23/h6-7,10-12H,3-5,8-9H2,1-2H3,(H,21,25). The van der Waals surface area contributed by atoms with Crippen molar-refractivity contribution in [3.8, 4) is 0 Å². The second-order valence-corrected chi connectivity index (χ2v) is 7.12. The number of nitro groups is 1. The number of aromatic nitrogens is 1. The Morgan fingerprint density at radius 1 is 1.10 bits per heavy atom. The largest absolute Gasteiger partial charge is 0.339 e. The monoisotopic (exact) mass is 398 g/mol. The molecule has 0 bridgehead atoms. The number of hydrogen-bond acceptors (Lipinski definition) is 5. The van der Waals surface area contributed by atoms with Crippen LogP contribution >= 0.6 is 0 Å². The number of nitrogens with zero attached hydrogens (tertiary/aromatic N) is 3. The minimum Gasteiger partial charge on any atom is -0.339 e. The van der Waals surface area contributed by atoms with E-state index >= 15 is 0 Å². The van der Waals surface area contributed by atoms with Crippen LogP contribution < -0.4 is 10.9 Å². The Hall–Kier alpha value is -3.49. The molecule has 1 aromatic heterocycles. The minimum absolute atomic E-state index is 0.0522. The Bertz CT molecular complexity index is 1040. The first-order valence-corrected chi connectivity index (χ1v) is 9.34. The molecule has 0 radical (unpaired) electrons. The Morgan fingerprint density at radius 3 is 2.45 bits per heavy atom. The number of nitrogens with one attached hydrogen (secondary N) is 1. The summed E-state index contributed by atoms with van der Waals surface area (Å²) >= 11 is 0. The zero-order valence-corrected chi connectivity index (χ0v) is 16.3. The number of anilines is 1. The van der Waals surface area contributed by atoms with E-state index in [1.165, 1.54) is 36.0 Å². The maximum absolute atomic E-state index is 12.8. The van der Waals surface area contributed by atoms with Crippen molar-refractivity contribution in [1.82, 2.24) is 9.47 Å². The van der Waals surface area contributed by atoms with Crippen molar-refractivity contribution in [2.45, 2.75) is 26.2 Å². The van der Waals surface area contributed by atoms with Gasteiger partial charge in [-0.05, 0) is 38.3 Å². The number of carbonyl (C=O) groups is 2. The van der Waals surface area contributed by atoms with Gasteiger partial charge in [0.15, 0.2) is 0 Å². The van der Waals surface area contributed by atoms with Gasteiger partial charge in [0, 0.05) is 43.5 Å². The van der Waals surface area contributed by atoms with E-state index in [1.54, 1.807) is 11.8 Å². The molecule has 0 saturated carbocycles. The third-order valence-electron chi connectivity index (χ3n) is 4.99. The number of amides is 2. The average molecular weight is 398 g/mol. The number of likely N-dealkylation sites (tertiary alicyclic amines) is 1. The van der Waals surface area contributed by atoms with Gasteiger partial charge in [0.25, 0.3) is 23.1 Å². The lowest BCUT2D eigenvalue weighted by molar-refractivity contribution is -0.385. The Labute approximate surface area is 167 Å². The number of hydrogen-bond donors (Lipinski definition) is 1. The van der Waals surface area contributed by atoms with Gasteiger partial charge in [-0.3, -0.25) is 24.5 Å². The summed E-state index contributed by atoms with van der Waals surface area (Å²) in [5.41, 5.74) is 0.0752. The SMILES string of the molecule is Cc1ccc(C(=O)Nc2cc(C(=O)N3CCCCC3)cn(C)c2=O)cc1[N+](=O)[O-]. The molecule has 0 spiro atoms. The highest BCUT2D eigenvalue weighted by Gasteiger charge is 2.21. The second kappa shape index (κ2) is 8.26. The number of pyridine rings is 1. The molecule has 1 fully saturated rings. The summed E-state index contributed by atoms with van der Waals surface area (Å²) in [6, 6.07) is 5.45. The number of piperidine rings is 1. The summed E-state index contributed by atoms with van der Waals surface area (Å²) in [6.07, 6.45) is 4.41. The molecule has 1 aliphatic heterocycles. The normalized spacial score (nSPS) is 13.8. The number of nitro benzene ring substituents is 1. The van der Waals surface area contributed by atoms with Crippen LogP contribution in [0.5, 0.6) is 0 Å². The van der Waals surface area contributed by atoms with Gasteiger partial charge in [0.2, 0.25) is 0 Å². The van der Waals surface area contributed by atoms with Crippen LogP contribution in [0, 0.1) is 17.0 Å². The van der Waals surface area contributed by atoms with E-state index in [-0.39, 0.29) is 22.8 Å². The Balaban J connectivity index is 1.89. The van der Waals surface area contributed by atoms with E-state index in [4.69, 9.17) is 0 Å². The van der Waals surface area contributed by atoms with Crippen LogP contribution in [0.2, 0.25) is 0 Å². The van der Waals surface area contributed by atoms with Crippen molar-refractivity contribution in [2.75, 3.05) is 18.4 Å². The first-order chi connectivity index (χ1) is 13.8. The molecule has 0 unspecified atom stereocenters. The average Bonchev–Trinajstić information content (AvgIpc) is 2.71. The van der Waals surface area contributed by atoms with Crippen molar-refractivity contribution in [3.05, 3.63) is 67.6 Å². The van der Waals surface area contributed by atoms with Gasteiger partial charge in [-0.15, -0.1) is 0 Å². The number of rotatable bonds is 4. The van der Waals surface area contributed by atoms with Crippen LogP contribution in [0.4, 0.5) is 11.4 Å². The molecule has 1 saturated heterocycles. The van der Waals surface area contributed by atoms with E-state index in [0.29, 0.717) is 24.2 Å². The van der Waals surface area contributed by atoms with E-state index in [0.717, 1.165) is 25.3 Å². The van der Waals surface area contributed by atoms with Crippen molar-refractivity contribution in [2.24, 2.45) is 7.05 Å². The van der Waals surface area contributed by atoms with Crippen molar-refractivity contribution >= 4 is 23.2 Å².